The summed E-state index contributed by atoms with van der Waals surface area (Å²) >= 11 is 3.57. The molecule has 4 heteroatoms. The van der Waals surface area contributed by atoms with E-state index in [1.807, 2.05) is 12.1 Å². The second-order valence-electron chi connectivity index (χ2n) is 4.73. The number of hydrogen-bond donors (Lipinski definition) is 1. The summed E-state index contributed by atoms with van der Waals surface area (Å²) in [4.78, 5) is 13.1. The van der Waals surface area contributed by atoms with Crippen molar-refractivity contribution in [3.05, 3.63) is 28.2 Å². The summed E-state index contributed by atoms with van der Waals surface area (Å²) in [5.74, 6) is -0.712. The van der Waals surface area contributed by atoms with Gasteiger partial charge in [0.1, 0.15) is 0 Å². The summed E-state index contributed by atoms with van der Waals surface area (Å²) < 4.78 is 1.09. The van der Waals surface area contributed by atoms with Gasteiger partial charge in [0, 0.05) is 29.7 Å². The maximum Gasteiger partial charge on any atom is 0.306 e. The molecule has 1 N–H and O–H groups in total. The van der Waals surface area contributed by atoms with Crippen LogP contribution in [0.1, 0.15) is 24.8 Å². The Kier molecular flexibility index (Phi) is 3.43. The molecule has 2 unspecified atom stereocenters. The molecule has 1 heterocycles. The van der Waals surface area contributed by atoms with Crippen LogP contribution in [0.4, 0.5) is 5.69 Å². The van der Waals surface area contributed by atoms with E-state index in [2.05, 4.69) is 33.9 Å². The zero-order chi connectivity index (χ0) is 12.6. The van der Waals surface area contributed by atoms with Crippen molar-refractivity contribution < 1.29 is 9.90 Å². The largest absolute Gasteiger partial charge is 0.481 e. The first-order valence-corrected chi connectivity index (χ1v) is 6.52. The van der Waals surface area contributed by atoms with Crippen molar-refractivity contribution >= 4 is 27.6 Å². The van der Waals surface area contributed by atoms with Gasteiger partial charge in [0.05, 0.1) is 5.92 Å². The van der Waals surface area contributed by atoms with Crippen LogP contribution in [-0.4, -0.2) is 24.7 Å². The summed E-state index contributed by atoms with van der Waals surface area (Å²) in [5, 5.41) is 9.00. The number of likely N-dealkylation sites (N-methyl/N-ethyl adjacent to an activating group) is 1. The van der Waals surface area contributed by atoms with Crippen LogP contribution in [0.5, 0.6) is 0 Å². The highest BCUT2D eigenvalue weighted by Gasteiger charge is 2.30. The fourth-order valence-corrected chi connectivity index (χ4v) is 3.18. The first kappa shape index (κ1) is 12.4. The van der Waals surface area contributed by atoms with E-state index >= 15 is 0 Å². The molecule has 0 fully saturated rings. The molecular formula is C13H16BrNO2. The minimum atomic E-state index is -0.715. The number of fused-ring (bicyclic) bond motifs is 1. The van der Waals surface area contributed by atoms with Crippen molar-refractivity contribution in [2.75, 3.05) is 18.5 Å². The molecule has 0 spiro atoms. The molecule has 17 heavy (non-hydrogen) atoms. The Morgan fingerprint density at radius 3 is 3.00 bits per heavy atom. The van der Waals surface area contributed by atoms with Gasteiger partial charge in [-0.15, -0.1) is 0 Å². The molecule has 3 nitrogen and oxygen atoms in total. The van der Waals surface area contributed by atoms with Gasteiger partial charge >= 0.3 is 5.97 Å². The molecule has 1 aliphatic rings. The standard InChI is InChI=1S/C13H16BrNO2/c1-8(13(16)17)6-9-7-15(2)11-5-3-4-10(14)12(9)11/h3-5,8-9H,6-7H2,1-2H3,(H,16,17). The lowest BCUT2D eigenvalue weighted by atomic mass is 9.91. The summed E-state index contributed by atoms with van der Waals surface area (Å²) in [6, 6.07) is 6.13. The van der Waals surface area contributed by atoms with E-state index in [1.54, 1.807) is 6.92 Å². The molecule has 92 valence electrons. The molecule has 0 saturated carbocycles. The lowest BCUT2D eigenvalue weighted by Gasteiger charge is -2.15. The third kappa shape index (κ3) is 2.32. The van der Waals surface area contributed by atoms with Crippen LogP contribution < -0.4 is 4.90 Å². The number of rotatable bonds is 3. The molecular weight excluding hydrogens is 282 g/mol. The lowest BCUT2D eigenvalue weighted by molar-refractivity contribution is -0.141. The number of anilines is 1. The van der Waals surface area contributed by atoms with E-state index in [1.165, 1.54) is 11.3 Å². The summed E-state index contributed by atoms with van der Waals surface area (Å²) in [6.45, 7) is 2.67. The Morgan fingerprint density at radius 1 is 1.65 bits per heavy atom. The normalized spacial score (nSPS) is 20.2. The molecule has 0 radical (unpaired) electrons. The fourth-order valence-electron chi connectivity index (χ4n) is 2.50. The van der Waals surface area contributed by atoms with Gasteiger partial charge in [-0.05, 0) is 24.1 Å². The number of nitrogens with zero attached hydrogens (tertiary/aromatic N) is 1. The van der Waals surface area contributed by atoms with Gasteiger partial charge < -0.3 is 10.0 Å². The van der Waals surface area contributed by atoms with Crippen molar-refractivity contribution in [2.24, 2.45) is 5.92 Å². The number of aliphatic carboxylic acids is 1. The molecule has 1 aliphatic heterocycles. The molecule has 0 bridgehead atoms. The Labute approximate surface area is 110 Å². The van der Waals surface area contributed by atoms with Gasteiger partial charge in [-0.3, -0.25) is 4.79 Å². The van der Waals surface area contributed by atoms with Crippen LogP contribution in [0, 0.1) is 5.92 Å². The highest BCUT2D eigenvalue weighted by molar-refractivity contribution is 9.10. The predicted molar refractivity (Wildman–Crippen MR) is 71.6 cm³/mol. The van der Waals surface area contributed by atoms with E-state index in [0.29, 0.717) is 12.3 Å². The minimum absolute atomic E-state index is 0.300. The Hall–Kier alpha value is -1.03. The quantitative estimate of drug-likeness (QED) is 0.932. The maximum atomic E-state index is 10.9. The lowest BCUT2D eigenvalue weighted by Crippen LogP contribution is -2.19. The Balaban J connectivity index is 2.27. The zero-order valence-corrected chi connectivity index (χ0v) is 11.6. The van der Waals surface area contributed by atoms with E-state index < -0.39 is 5.97 Å². The van der Waals surface area contributed by atoms with Gasteiger partial charge in [-0.25, -0.2) is 0 Å². The van der Waals surface area contributed by atoms with E-state index in [0.717, 1.165) is 11.0 Å². The second-order valence-corrected chi connectivity index (χ2v) is 5.58. The van der Waals surface area contributed by atoms with Gasteiger partial charge in [0.25, 0.3) is 0 Å². The Bertz CT molecular complexity index is 447. The molecule has 0 aliphatic carbocycles. The van der Waals surface area contributed by atoms with Crippen LogP contribution in [-0.2, 0) is 4.79 Å². The van der Waals surface area contributed by atoms with Crippen molar-refractivity contribution in [3.63, 3.8) is 0 Å². The molecule has 1 aromatic carbocycles. The second kappa shape index (κ2) is 4.69. The van der Waals surface area contributed by atoms with Gasteiger partial charge in [-0.1, -0.05) is 28.9 Å². The van der Waals surface area contributed by atoms with Gasteiger partial charge in [-0.2, -0.15) is 0 Å². The maximum absolute atomic E-state index is 10.9. The number of carboxylic acid groups (broad SMARTS) is 1. The molecule has 0 saturated heterocycles. The van der Waals surface area contributed by atoms with Gasteiger partial charge in [0.2, 0.25) is 0 Å². The highest BCUT2D eigenvalue weighted by atomic mass is 79.9. The minimum Gasteiger partial charge on any atom is -0.481 e. The summed E-state index contributed by atoms with van der Waals surface area (Å²) in [7, 11) is 2.05. The monoisotopic (exact) mass is 297 g/mol. The molecule has 0 aromatic heterocycles. The number of hydrogen-bond acceptors (Lipinski definition) is 2. The first-order chi connectivity index (χ1) is 8.00. The van der Waals surface area contributed by atoms with Crippen LogP contribution in [0.15, 0.2) is 22.7 Å². The topological polar surface area (TPSA) is 40.5 Å². The molecule has 0 amide bonds. The number of carboxylic acids is 1. The highest BCUT2D eigenvalue weighted by Crippen LogP contribution is 2.42. The SMILES string of the molecule is CC(CC1CN(C)c2cccc(Br)c21)C(=O)O. The fraction of sp³-hybridized carbons (Fsp3) is 0.462. The van der Waals surface area contributed by atoms with Gasteiger partial charge in [0.15, 0.2) is 0 Å². The van der Waals surface area contributed by atoms with E-state index in [9.17, 15) is 4.79 Å². The average molecular weight is 298 g/mol. The van der Waals surface area contributed by atoms with Crippen molar-refractivity contribution in [1.82, 2.24) is 0 Å². The van der Waals surface area contributed by atoms with E-state index in [4.69, 9.17) is 5.11 Å². The smallest absolute Gasteiger partial charge is 0.306 e. The average Bonchev–Trinajstić information content (AvgIpc) is 2.57. The third-order valence-corrected chi connectivity index (χ3v) is 4.09. The summed E-state index contributed by atoms with van der Waals surface area (Å²) in [5.41, 5.74) is 2.46. The molecule has 2 rings (SSSR count). The predicted octanol–water partition coefficient (Wildman–Crippen LogP) is 3.09. The summed E-state index contributed by atoms with van der Waals surface area (Å²) in [6.07, 6.45) is 0.690. The molecule has 2 atom stereocenters. The van der Waals surface area contributed by atoms with Crippen molar-refractivity contribution in [3.8, 4) is 0 Å². The van der Waals surface area contributed by atoms with Crippen LogP contribution in [0.3, 0.4) is 0 Å². The zero-order valence-electron chi connectivity index (χ0n) is 9.98. The van der Waals surface area contributed by atoms with Crippen molar-refractivity contribution in [2.45, 2.75) is 19.3 Å². The third-order valence-electron chi connectivity index (χ3n) is 3.40. The Morgan fingerprint density at radius 2 is 2.35 bits per heavy atom. The van der Waals surface area contributed by atoms with Crippen LogP contribution >= 0.6 is 15.9 Å². The van der Waals surface area contributed by atoms with Crippen LogP contribution in [0.25, 0.3) is 0 Å². The van der Waals surface area contributed by atoms with Crippen LogP contribution in [0.2, 0.25) is 0 Å². The van der Waals surface area contributed by atoms with Crippen molar-refractivity contribution in [1.29, 1.82) is 0 Å². The molecule has 1 aromatic rings. The first-order valence-electron chi connectivity index (χ1n) is 5.73. The number of benzene rings is 1. The number of halogens is 1. The number of carbonyl (C=O) groups is 1. The van der Waals surface area contributed by atoms with E-state index in [-0.39, 0.29) is 5.92 Å².